The molecule has 1 aromatic carbocycles. The van der Waals surface area contributed by atoms with Gasteiger partial charge in [-0.2, -0.15) is 0 Å². The number of fused-ring (bicyclic) bond motifs is 1. The van der Waals surface area contributed by atoms with Crippen molar-refractivity contribution < 1.29 is 4.74 Å². The van der Waals surface area contributed by atoms with Gasteiger partial charge in [0.1, 0.15) is 5.75 Å². The maximum atomic E-state index is 5.72. The lowest BCUT2D eigenvalue weighted by Crippen LogP contribution is -2.32. The van der Waals surface area contributed by atoms with Crippen molar-refractivity contribution in [2.45, 2.75) is 26.3 Å². The van der Waals surface area contributed by atoms with Crippen molar-refractivity contribution in [1.29, 1.82) is 0 Å². The third-order valence-electron chi connectivity index (χ3n) is 3.24. The van der Waals surface area contributed by atoms with Crippen LogP contribution in [0.5, 0.6) is 5.75 Å². The lowest BCUT2D eigenvalue weighted by atomic mass is 9.99. The van der Waals surface area contributed by atoms with Gasteiger partial charge in [-0.05, 0) is 25.2 Å². The Labute approximate surface area is 106 Å². The molecule has 16 heavy (non-hydrogen) atoms. The number of halogens is 1. The number of rotatable bonds is 3. The fraction of sp³-hybridized carbons (Fsp3) is 0.538. The lowest BCUT2D eigenvalue weighted by molar-refractivity contribution is 0.151. The van der Waals surface area contributed by atoms with Crippen molar-refractivity contribution in [3.8, 4) is 5.75 Å². The zero-order chi connectivity index (χ0) is 11.5. The third kappa shape index (κ3) is 2.25. The molecular formula is C13H18BrNO. The lowest BCUT2D eigenvalue weighted by Gasteiger charge is -2.34. The highest BCUT2D eigenvalue weighted by Crippen LogP contribution is 2.37. The standard InChI is InChI=1S/C13H18BrNO/c1-3-15(4-2)12-7-8-16-13-9-10(14)5-6-11(12)13/h5-6,9,12H,3-4,7-8H2,1-2H3. The maximum Gasteiger partial charge on any atom is 0.125 e. The molecule has 0 aliphatic carbocycles. The number of nitrogens with zero attached hydrogens (tertiary/aromatic N) is 1. The Morgan fingerprint density at radius 2 is 2.12 bits per heavy atom. The molecule has 0 bridgehead atoms. The molecule has 1 aromatic rings. The molecule has 0 saturated heterocycles. The van der Waals surface area contributed by atoms with Crippen LogP contribution in [0.4, 0.5) is 0 Å². The largest absolute Gasteiger partial charge is 0.493 e. The van der Waals surface area contributed by atoms with E-state index >= 15 is 0 Å². The molecule has 0 aromatic heterocycles. The minimum absolute atomic E-state index is 0.520. The average molecular weight is 284 g/mol. The van der Waals surface area contributed by atoms with Gasteiger partial charge < -0.3 is 4.74 Å². The van der Waals surface area contributed by atoms with Crippen LogP contribution in [-0.4, -0.2) is 24.6 Å². The summed E-state index contributed by atoms with van der Waals surface area (Å²) in [5.41, 5.74) is 1.33. The van der Waals surface area contributed by atoms with Gasteiger partial charge >= 0.3 is 0 Å². The molecule has 0 saturated carbocycles. The molecule has 0 spiro atoms. The highest BCUT2D eigenvalue weighted by Gasteiger charge is 2.25. The molecule has 0 amide bonds. The third-order valence-corrected chi connectivity index (χ3v) is 3.73. The molecule has 0 radical (unpaired) electrons. The number of benzene rings is 1. The van der Waals surface area contributed by atoms with Gasteiger partial charge in [0.2, 0.25) is 0 Å². The molecule has 1 aliphatic heterocycles. The van der Waals surface area contributed by atoms with Gasteiger partial charge in [0.05, 0.1) is 6.61 Å². The highest BCUT2D eigenvalue weighted by molar-refractivity contribution is 9.10. The van der Waals surface area contributed by atoms with Crippen molar-refractivity contribution in [3.05, 3.63) is 28.2 Å². The van der Waals surface area contributed by atoms with Crippen LogP contribution in [0.3, 0.4) is 0 Å². The van der Waals surface area contributed by atoms with Crippen LogP contribution >= 0.6 is 15.9 Å². The Morgan fingerprint density at radius 3 is 2.81 bits per heavy atom. The summed E-state index contributed by atoms with van der Waals surface area (Å²) in [5, 5.41) is 0. The predicted octanol–water partition coefficient (Wildman–Crippen LogP) is 3.61. The molecule has 1 unspecified atom stereocenters. The maximum absolute atomic E-state index is 5.72. The minimum Gasteiger partial charge on any atom is -0.493 e. The van der Waals surface area contributed by atoms with Crippen LogP contribution in [0.25, 0.3) is 0 Å². The van der Waals surface area contributed by atoms with E-state index in [0.717, 1.165) is 36.3 Å². The Hall–Kier alpha value is -0.540. The van der Waals surface area contributed by atoms with Gasteiger partial charge in [-0.25, -0.2) is 0 Å². The van der Waals surface area contributed by atoms with E-state index in [1.165, 1.54) is 5.56 Å². The van der Waals surface area contributed by atoms with Crippen LogP contribution in [-0.2, 0) is 0 Å². The van der Waals surface area contributed by atoms with Gasteiger partial charge in [-0.1, -0.05) is 35.8 Å². The summed E-state index contributed by atoms with van der Waals surface area (Å²) in [6, 6.07) is 6.88. The van der Waals surface area contributed by atoms with E-state index in [2.05, 4.69) is 52.9 Å². The summed E-state index contributed by atoms with van der Waals surface area (Å²) in [5.74, 6) is 1.04. The molecular weight excluding hydrogens is 266 g/mol. The summed E-state index contributed by atoms with van der Waals surface area (Å²) in [6.07, 6.45) is 1.09. The zero-order valence-electron chi connectivity index (χ0n) is 9.87. The van der Waals surface area contributed by atoms with Crippen molar-refractivity contribution in [2.75, 3.05) is 19.7 Å². The van der Waals surface area contributed by atoms with Crippen molar-refractivity contribution in [2.24, 2.45) is 0 Å². The fourth-order valence-electron chi connectivity index (χ4n) is 2.39. The van der Waals surface area contributed by atoms with E-state index in [4.69, 9.17) is 4.74 Å². The van der Waals surface area contributed by atoms with Crippen LogP contribution in [0.2, 0.25) is 0 Å². The fourth-order valence-corrected chi connectivity index (χ4v) is 2.73. The van der Waals surface area contributed by atoms with Crippen LogP contribution < -0.4 is 4.74 Å². The molecule has 88 valence electrons. The van der Waals surface area contributed by atoms with Crippen LogP contribution in [0, 0.1) is 0 Å². The van der Waals surface area contributed by atoms with Crippen molar-refractivity contribution in [3.63, 3.8) is 0 Å². The molecule has 1 atom stereocenters. The van der Waals surface area contributed by atoms with Gasteiger partial charge in [-0.3, -0.25) is 4.90 Å². The van der Waals surface area contributed by atoms with Crippen LogP contribution in [0.1, 0.15) is 31.9 Å². The topological polar surface area (TPSA) is 12.5 Å². The molecule has 0 N–H and O–H groups in total. The quantitative estimate of drug-likeness (QED) is 0.840. The highest BCUT2D eigenvalue weighted by atomic mass is 79.9. The van der Waals surface area contributed by atoms with Crippen LogP contribution in [0.15, 0.2) is 22.7 Å². The Bertz CT molecular complexity index is 363. The predicted molar refractivity (Wildman–Crippen MR) is 69.9 cm³/mol. The monoisotopic (exact) mass is 283 g/mol. The summed E-state index contributed by atoms with van der Waals surface area (Å²) in [7, 11) is 0. The molecule has 3 heteroatoms. The van der Waals surface area contributed by atoms with E-state index in [-0.39, 0.29) is 0 Å². The SMILES string of the molecule is CCN(CC)C1CCOc2cc(Br)ccc21. The zero-order valence-corrected chi connectivity index (χ0v) is 11.5. The Morgan fingerprint density at radius 1 is 1.38 bits per heavy atom. The average Bonchev–Trinajstić information content (AvgIpc) is 2.30. The first-order chi connectivity index (χ1) is 7.76. The van der Waals surface area contributed by atoms with E-state index in [1.807, 2.05) is 0 Å². The summed E-state index contributed by atoms with van der Waals surface area (Å²) in [6.45, 7) is 7.45. The Balaban J connectivity index is 2.32. The Kier molecular flexibility index (Phi) is 3.87. The minimum atomic E-state index is 0.520. The second-order valence-corrected chi connectivity index (χ2v) is 4.97. The van der Waals surface area contributed by atoms with Gasteiger partial charge in [0.25, 0.3) is 0 Å². The number of hydrogen-bond acceptors (Lipinski definition) is 2. The van der Waals surface area contributed by atoms with Gasteiger partial charge in [0, 0.05) is 22.5 Å². The number of ether oxygens (including phenoxy) is 1. The summed E-state index contributed by atoms with van der Waals surface area (Å²) < 4.78 is 6.81. The normalized spacial score (nSPS) is 19.4. The van der Waals surface area contributed by atoms with E-state index in [1.54, 1.807) is 0 Å². The first-order valence-electron chi connectivity index (χ1n) is 5.92. The van der Waals surface area contributed by atoms with Gasteiger partial charge in [-0.15, -0.1) is 0 Å². The molecule has 2 nitrogen and oxygen atoms in total. The smallest absolute Gasteiger partial charge is 0.125 e. The van der Waals surface area contributed by atoms with E-state index in [9.17, 15) is 0 Å². The first kappa shape index (κ1) is 11.9. The molecule has 1 aliphatic rings. The summed E-state index contributed by atoms with van der Waals surface area (Å²) in [4.78, 5) is 2.50. The molecule has 2 rings (SSSR count). The second-order valence-electron chi connectivity index (χ2n) is 4.06. The number of hydrogen-bond donors (Lipinski definition) is 0. The molecule has 0 fully saturated rings. The van der Waals surface area contributed by atoms with Crippen molar-refractivity contribution in [1.82, 2.24) is 4.90 Å². The summed E-state index contributed by atoms with van der Waals surface area (Å²) >= 11 is 3.49. The van der Waals surface area contributed by atoms with Gasteiger partial charge in [0.15, 0.2) is 0 Å². The van der Waals surface area contributed by atoms with E-state index in [0.29, 0.717) is 6.04 Å². The second kappa shape index (κ2) is 5.19. The molecule has 1 heterocycles. The van der Waals surface area contributed by atoms with E-state index < -0.39 is 0 Å². The van der Waals surface area contributed by atoms with Crippen molar-refractivity contribution >= 4 is 15.9 Å². The first-order valence-corrected chi connectivity index (χ1v) is 6.71.